The highest BCUT2D eigenvalue weighted by atomic mass is 16.5. The van der Waals surface area contributed by atoms with E-state index in [0.29, 0.717) is 25.7 Å². The van der Waals surface area contributed by atoms with E-state index in [0.717, 1.165) is 38.7 Å². The molecule has 0 spiro atoms. The molecule has 5 heteroatoms. The molecule has 2 unspecified atom stereocenters. The molecule has 1 saturated carbocycles. The molecule has 0 aliphatic heterocycles. The van der Waals surface area contributed by atoms with Gasteiger partial charge in [-0.1, -0.05) is 6.42 Å². The second kappa shape index (κ2) is 9.32. The molecule has 0 aromatic rings. The third kappa shape index (κ3) is 4.43. The van der Waals surface area contributed by atoms with Crippen LogP contribution in [0.1, 0.15) is 39.0 Å². The van der Waals surface area contributed by atoms with Crippen molar-refractivity contribution in [2.75, 3.05) is 40.6 Å². The van der Waals surface area contributed by atoms with Gasteiger partial charge in [0, 0.05) is 26.9 Å². The maximum Gasteiger partial charge on any atom is 0.326 e. The first-order valence-electron chi connectivity index (χ1n) is 7.64. The zero-order valence-electron chi connectivity index (χ0n) is 13.1. The number of carbonyl (C=O) groups excluding carboxylic acids is 1. The second-order valence-corrected chi connectivity index (χ2v) is 5.28. The fraction of sp³-hybridized carbons (Fsp3) is 0.933. The normalized spacial score (nSPS) is 25.9. The molecule has 0 heterocycles. The molecule has 0 radical (unpaired) electrons. The summed E-state index contributed by atoms with van der Waals surface area (Å²) in [6.07, 6.45) is 4.79. The Labute approximate surface area is 122 Å². The number of nitrogens with one attached hydrogen (secondary N) is 1. The molecule has 0 bridgehead atoms. The fourth-order valence-electron chi connectivity index (χ4n) is 3.06. The monoisotopic (exact) mass is 287 g/mol. The molecule has 1 aliphatic rings. The molecule has 1 N–H and O–H groups in total. The first kappa shape index (κ1) is 17.4. The van der Waals surface area contributed by atoms with E-state index in [2.05, 4.69) is 5.32 Å². The Morgan fingerprint density at radius 2 is 2.15 bits per heavy atom. The summed E-state index contributed by atoms with van der Waals surface area (Å²) in [5.74, 6) is 0.193. The van der Waals surface area contributed by atoms with E-state index >= 15 is 0 Å². The van der Waals surface area contributed by atoms with Gasteiger partial charge in [-0.25, -0.2) is 0 Å². The van der Waals surface area contributed by atoms with Crippen LogP contribution in [0.25, 0.3) is 0 Å². The van der Waals surface area contributed by atoms with E-state index in [4.69, 9.17) is 14.2 Å². The number of methoxy groups -OCH3 is 1. The zero-order chi connectivity index (χ0) is 14.8. The third-order valence-corrected chi connectivity index (χ3v) is 4.15. The second-order valence-electron chi connectivity index (χ2n) is 5.28. The van der Waals surface area contributed by atoms with Crippen molar-refractivity contribution in [1.82, 2.24) is 5.32 Å². The van der Waals surface area contributed by atoms with Crippen molar-refractivity contribution in [2.45, 2.75) is 44.6 Å². The average Bonchev–Trinajstić information content (AvgIpc) is 2.87. The van der Waals surface area contributed by atoms with E-state index in [1.165, 1.54) is 0 Å². The van der Waals surface area contributed by atoms with Crippen molar-refractivity contribution >= 4 is 5.97 Å². The van der Waals surface area contributed by atoms with Crippen molar-refractivity contribution in [3.05, 3.63) is 0 Å². The van der Waals surface area contributed by atoms with Crippen LogP contribution < -0.4 is 5.32 Å². The van der Waals surface area contributed by atoms with Crippen LogP contribution in [0.15, 0.2) is 0 Å². The van der Waals surface area contributed by atoms with Gasteiger partial charge in [0.15, 0.2) is 0 Å². The molecule has 1 aliphatic carbocycles. The van der Waals surface area contributed by atoms with Crippen molar-refractivity contribution in [3.8, 4) is 0 Å². The molecule has 1 fully saturated rings. The van der Waals surface area contributed by atoms with Gasteiger partial charge < -0.3 is 19.5 Å². The first-order chi connectivity index (χ1) is 9.71. The van der Waals surface area contributed by atoms with Crippen LogP contribution in [0.3, 0.4) is 0 Å². The molecule has 0 saturated heterocycles. The van der Waals surface area contributed by atoms with Crippen LogP contribution in [0.2, 0.25) is 0 Å². The standard InChI is InChI=1S/C15H29NO4/c1-4-20-14(17)15(16-2)9-5-7-13(15)8-12-19-11-6-10-18-3/h13,16H,4-12H2,1-3H3. The van der Waals surface area contributed by atoms with Gasteiger partial charge in [0.05, 0.1) is 6.61 Å². The van der Waals surface area contributed by atoms with Gasteiger partial charge >= 0.3 is 5.97 Å². The van der Waals surface area contributed by atoms with E-state index in [-0.39, 0.29) is 5.97 Å². The molecular formula is C15H29NO4. The van der Waals surface area contributed by atoms with Crippen LogP contribution in [-0.4, -0.2) is 52.1 Å². The van der Waals surface area contributed by atoms with Crippen LogP contribution in [0, 0.1) is 5.92 Å². The Hall–Kier alpha value is -0.650. The summed E-state index contributed by atoms with van der Waals surface area (Å²) < 4.78 is 15.8. The first-order valence-corrected chi connectivity index (χ1v) is 7.64. The summed E-state index contributed by atoms with van der Waals surface area (Å²) in [7, 11) is 3.55. The minimum Gasteiger partial charge on any atom is -0.465 e. The number of rotatable bonds is 10. The minimum atomic E-state index is -0.508. The molecule has 1 rings (SSSR count). The summed E-state index contributed by atoms with van der Waals surface area (Å²) in [5, 5.41) is 3.22. The number of ether oxygens (including phenoxy) is 3. The van der Waals surface area contributed by atoms with Crippen molar-refractivity contribution in [3.63, 3.8) is 0 Å². The van der Waals surface area contributed by atoms with Crippen LogP contribution in [0.5, 0.6) is 0 Å². The molecule has 5 nitrogen and oxygen atoms in total. The Kier molecular flexibility index (Phi) is 8.11. The fourth-order valence-corrected chi connectivity index (χ4v) is 3.06. The molecule has 118 valence electrons. The van der Waals surface area contributed by atoms with Crippen LogP contribution in [-0.2, 0) is 19.0 Å². The molecule has 2 atom stereocenters. The topological polar surface area (TPSA) is 56.8 Å². The minimum absolute atomic E-state index is 0.107. The molecule has 20 heavy (non-hydrogen) atoms. The number of hydrogen-bond acceptors (Lipinski definition) is 5. The van der Waals surface area contributed by atoms with Crippen molar-refractivity contribution in [2.24, 2.45) is 5.92 Å². The smallest absolute Gasteiger partial charge is 0.326 e. The maximum atomic E-state index is 12.2. The zero-order valence-corrected chi connectivity index (χ0v) is 13.1. The van der Waals surface area contributed by atoms with Gasteiger partial charge in [-0.05, 0) is 45.6 Å². The van der Waals surface area contributed by atoms with Gasteiger partial charge in [0.25, 0.3) is 0 Å². The van der Waals surface area contributed by atoms with E-state index in [1.807, 2.05) is 14.0 Å². The van der Waals surface area contributed by atoms with E-state index < -0.39 is 5.54 Å². The average molecular weight is 287 g/mol. The SMILES string of the molecule is CCOC(=O)C1(NC)CCCC1CCOCCCOC. The summed E-state index contributed by atoms with van der Waals surface area (Å²) in [6, 6.07) is 0. The van der Waals surface area contributed by atoms with Gasteiger partial charge in [-0.15, -0.1) is 0 Å². The Morgan fingerprint density at radius 1 is 1.35 bits per heavy atom. The highest BCUT2D eigenvalue weighted by Gasteiger charge is 2.48. The molecule has 0 aromatic carbocycles. The molecule has 0 amide bonds. The van der Waals surface area contributed by atoms with Gasteiger partial charge in [0.1, 0.15) is 5.54 Å². The lowest BCUT2D eigenvalue weighted by molar-refractivity contribution is -0.153. The lowest BCUT2D eigenvalue weighted by Gasteiger charge is -2.32. The Bertz CT molecular complexity index is 285. The van der Waals surface area contributed by atoms with E-state index in [9.17, 15) is 4.79 Å². The maximum absolute atomic E-state index is 12.2. The quantitative estimate of drug-likeness (QED) is 0.490. The lowest BCUT2D eigenvalue weighted by atomic mass is 9.85. The number of likely N-dealkylation sites (N-methyl/N-ethyl adjacent to an activating group) is 1. The Balaban J connectivity index is 2.40. The van der Waals surface area contributed by atoms with Gasteiger partial charge in [0.2, 0.25) is 0 Å². The predicted octanol–water partition coefficient (Wildman–Crippen LogP) is 1.75. The molecular weight excluding hydrogens is 258 g/mol. The van der Waals surface area contributed by atoms with Gasteiger partial charge in [-0.3, -0.25) is 4.79 Å². The van der Waals surface area contributed by atoms with Crippen molar-refractivity contribution < 1.29 is 19.0 Å². The predicted molar refractivity (Wildman–Crippen MR) is 77.7 cm³/mol. The summed E-state index contributed by atoms with van der Waals surface area (Å²) in [4.78, 5) is 12.2. The highest BCUT2D eigenvalue weighted by Crippen LogP contribution is 2.38. The lowest BCUT2D eigenvalue weighted by Crippen LogP contribution is -2.54. The van der Waals surface area contributed by atoms with Crippen molar-refractivity contribution in [1.29, 1.82) is 0 Å². The van der Waals surface area contributed by atoms with E-state index in [1.54, 1.807) is 7.11 Å². The highest BCUT2D eigenvalue weighted by molar-refractivity contribution is 5.81. The summed E-state index contributed by atoms with van der Waals surface area (Å²) in [5.41, 5.74) is -0.508. The Morgan fingerprint density at radius 3 is 2.80 bits per heavy atom. The third-order valence-electron chi connectivity index (χ3n) is 4.15. The number of esters is 1. The molecule has 0 aromatic heterocycles. The number of carbonyl (C=O) groups is 1. The summed E-state index contributed by atoms with van der Waals surface area (Å²) in [6.45, 7) is 4.42. The van der Waals surface area contributed by atoms with Crippen LogP contribution in [0.4, 0.5) is 0 Å². The van der Waals surface area contributed by atoms with Crippen LogP contribution >= 0.6 is 0 Å². The largest absolute Gasteiger partial charge is 0.465 e. The van der Waals surface area contributed by atoms with Gasteiger partial charge in [-0.2, -0.15) is 0 Å². The summed E-state index contributed by atoms with van der Waals surface area (Å²) >= 11 is 0. The number of hydrogen-bond donors (Lipinski definition) is 1.